The van der Waals surface area contributed by atoms with E-state index in [9.17, 15) is 4.79 Å². The van der Waals surface area contributed by atoms with Crippen LogP contribution in [0.25, 0.3) is 0 Å². The van der Waals surface area contributed by atoms with E-state index in [1.54, 1.807) is 19.2 Å². The van der Waals surface area contributed by atoms with E-state index in [2.05, 4.69) is 11.9 Å². The lowest BCUT2D eigenvalue weighted by Crippen LogP contribution is -2.38. The van der Waals surface area contributed by atoms with E-state index in [1.165, 1.54) is 0 Å². The molecule has 0 radical (unpaired) electrons. The van der Waals surface area contributed by atoms with Crippen molar-refractivity contribution in [2.45, 2.75) is 18.9 Å². The van der Waals surface area contributed by atoms with Crippen LogP contribution in [0.3, 0.4) is 0 Å². The molecule has 18 heavy (non-hydrogen) atoms. The summed E-state index contributed by atoms with van der Waals surface area (Å²) >= 11 is 0. The maximum atomic E-state index is 11.1. The average molecular weight is 249 g/mol. The second-order valence-corrected chi connectivity index (χ2v) is 4.64. The van der Waals surface area contributed by atoms with E-state index in [1.807, 2.05) is 6.07 Å². The van der Waals surface area contributed by atoms with E-state index in [0.717, 1.165) is 32.2 Å². The van der Waals surface area contributed by atoms with Crippen LogP contribution in [0.15, 0.2) is 18.2 Å². The Balaban J connectivity index is 2.18. The Kier molecular flexibility index (Phi) is 4.20. The van der Waals surface area contributed by atoms with E-state index >= 15 is 0 Å². The summed E-state index contributed by atoms with van der Waals surface area (Å²) in [6.45, 7) is 1.99. The Morgan fingerprint density at radius 3 is 2.94 bits per heavy atom. The third-order valence-electron chi connectivity index (χ3n) is 3.22. The van der Waals surface area contributed by atoms with Gasteiger partial charge in [-0.25, -0.2) is 0 Å². The number of para-hydroxylation sites is 1. The van der Waals surface area contributed by atoms with Crippen molar-refractivity contribution in [2.75, 3.05) is 27.2 Å². The van der Waals surface area contributed by atoms with Gasteiger partial charge in [-0.2, -0.15) is 0 Å². The second kappa shape index (κ2) is 5.87. The molecule has 0 amide bonds. The van der Waals surface area contributed by atoms with Crippen molar-refractivity contribution in [3.05, 3.63) is 23.8 Å². The van der Waals surface area contributed by atoms with Crippen LogP contribution in [0.4, 0.5) is 0 Å². The zero-order valence-electron chi connectivity index (χ0n) is 10.9. The standard InChI is InChI=1S/C14H19NO3/c1-15-8-4-6-12(9-15)18-14-11(10-16)5-3-7-13(14)17-2/h3,5,7,10,12H,4,6,8-9H2,1-2H3. The Labute approximate surface area is 107 Å². The van der Waals surface area contributed by atoms with Gasteiger partial charge in [0.2, 0.25) is 0 Å². The molecular weight excluding hydrogens is 230 g/mol. The second-order valence-electron chi connectivity index (χ2n) is 4.64. The minimum atomic E-state index is 0.124. The molecule has 2 rings (SSSR count). The van der Waals surface area contributed by atoms with Crippen LogP contribution in [-0.2, 0) is 0 Å². The number of ether oxygens (including phenoxy) is 2. The first-order valence-electron chi connectivity index (χ1n) is 6.22. The summed E-state index contributed by atoms with van der Waals surface area (Å²) in [7, 11) is 3.67. The van der Waals surface area contributed by atoms with Crippen LogP contribution in [0, 0.1) is 0 Å². The predicted octanol–water partition coefficient (Wildman–Crippen LogP) is 1.98. The van der Waals surface area contributed by atoms with Gasteiger partial charge in [0.1, 0.15) is 6.10 Å². The SMILES string of the molecule is COc1cccc(C=O)c1OC1CCCN(C)C1. The molecule has 1 fully saturated rings. The molecule has 1 aliphatic heterocycles. The maximum Gasteiger partial charge on any atom is 0.172 e. The summed E-state index contributed by atoms with van der Waals surface area (Å²) in [5.74, 6) is 1.18. The van der Waals surface area contributed by atoms with Gasteiger partial charge in [0.15, 0.2) is 17.8 Å². The van der Waals surface area contributed by atoms with Crippen molar-refractivity contribution < 1.29 is 14.3 Å². The smallest absolute Gasteiger partial charge is 0.172 e. The summed E-state index contributed by atoms with van der Waals surface area (Å²) < 4.78 is 11.2. The predicted molar refractivity (Wildman–Crippen MR) is 69.5 cm³/mol. The lowest BCUT2D eigenvalue weighted by Gasteiger charge is -2.30. The highest BCUT2D eigenvalue weighted by Gasteiger charge is 2.21. The minimum Gasteiger partial charge on any atom is -0.493 e. The first-order chi connectivity index (χ1) is 8.74. The van der Waals surface area contributed by atoms with Gasteiger partial charge >= 0.3 is 0 Å². The molecule has 1 atom stereocenters. The van der Waals surface area contributed by atoms with Crippen LogP contribution in [0.1, 0.15) is 23.2 Å². The summed E-state index contributed by atoms with van der Waals surface area (Å²) in [5, 5.41) is 0. The van der Waals surface area contributed by atoms with Gasteiger partial charge in [0.25, 0.3) is 0 Å². The van der Waals surface area contributed by atoms with Crippen LogP contribution >= 0.6 is 0 Å². The fraction of sp³-hybridized carbons (Fsp3) is 0.500. The van der Waals surface area contributed by atoms with Gasteiger partial charge in [-0.05, 0) is 38.6 Å². The third kappa shape index (κ3) is 2.82. The van der Waals surface area contributed by atoms with E-state index in [4.69, 9.17) is 9.47 Å². The molecule has 1 aliphatic rings. The molecule has 0 saturated carbocycles. The Bertz CT molecular complexity index is 420. The maximum absolute atomic E-state index is 11.1. The zero-order valence-corrected chi connectivity index (χ0v) is 10.9. The van der Waals surface area contributed by atoms with Crippen molar-refractivity contribution in [3.63, 3.8) is 0 Å². The van der Waals surface area contributed by atoms with Crippen molar-refractivity contribution in [3.8, 4) is 11.5 Å². The molecule has 4 nitrogen and oxygen atoms in total. The van der Waals surface area contributed by atoms with Gasteiger partial charge in [-0.15, -0.1) is 0 Å². The lowest BCUT2D eigenvalue weighted by atomic mass is 10.1. The first kappa shape index (κ1) is 12.9. The number of carbonyl (C=O) groups excluding carboxylic acids is 1. The number of hydrogen-bond donors (Lipinski definition) is 0. The highest BCUT2D eigenvalue weighted by Crippen LogP contribution is 2.32. The van der Waals surface area contributed by atoms with Crippen molar-refractivity contribution in [1.29, 1.82) is 0 Å². The number of aldehydes is 1. The average Bonchev–Trinajstić information content (AvgIpc) is 2.39. The van der Waals surface area contributed by atoms with Crippen LogP contribution < -0.4 is 9.47 Å². The van der Waals surface area contributed by atoms with Gasteiger partial charge in [0, 0.05) is 6.54 Å². The molecule has 0 N–H and O–H groups in total. The topological polar surface area (TPSA) is 38.8 Å². The largest absolute Gasteiger partial charge is 0.493 e. The van der Waals surface area contributed by atoms with Crippen LogP contribution in [0.2, 0.25) is 0 Å². The highest BCUT2D eigenvalue weighted by molar-refractivity contribution is 5.81. The fourth-order valence-electron chi connectivity index (χ4n) is 2.29. The molecule has 1 aromatic rings. The molecule has 1 heterocycles. The molecular formula is C14H19NO3. The summed E-state index contributed by atoms with van der Waals surface area (Å²) in [6.07, 6.45) is 3.07. The summed E-state index contributed by atoms with van der Waals surface area (Å²) in [4.78, 5) is 13.3. The number of nitrogens with zero attached hydrogens (tertiary/aromatic N) is 1. The number of likely N-dealkylation sites (tertiary alicyclic amines) is 1. The van der Waals surface area contributed by atoms with E-state index < -0.39 is 0 Å². The fourth-order valence-corrected chi connectivity index (χ4v) is 2.29. The van der Waals surface area contributed by atoms with Gasteiger partial charge in [-0.3, -0.25) is 4.79 Å². The number of benzene rings is 1. The first-order valence-corrected chi connectivity index (χ1v) is 6.22. The number of methoxy groups -OCH3 is 1. The quantitative estimate of drug-likeness (QED) is 0.765. The van der Waals surface area contributed by atoms with Crippen molar-refractivity contribution >= 4 is 6.29 Å². The van der Waals surface area contributed by atoms with E-state index in [0.29, 0.717) is 17.1 Å². The summed E-state index contributed by atoms with van der Waals surface area (Å²) in [6, 6.07) is 5.36. The van der Waals surface area contributed by atoms with Crippen molar-refractivity contribution in [2.24, 2.45) is 0 Å². The summed E-state index contributed by atoms with van der Waals surface area (Å²) in [5.41, 5.74) is 0.544. The number of hydrogen-bond acceptors (Lipinski definition) is 4. The minimum absolute atomic E-state index is 0.124. The number of piperidine rings is 1. The normalized spacial score (nSPS) is 20.4. The monoisotopic (exact) mass is 249 g/mol. The molecule has 0 aromatic heterocycles. The van der Waals surface area contributed by atoms with Gasteiger partial charge in [0.05, 0.1) is 12.7 Å². The Morgan fingerprint density at radius 2 is 2.28 bits per heavy atom. The van der Waals surface area contributed by atoms with Gasteiger partial charge in [-0.1, -0.05) is 6.07 Å². The molecule has 0 spiro atoms. The highest BCUT2D eigenvalue weighted by atomic mass is 16.5. The third-order valence-corrected chi connectivity index (χ3v) is 3.22. The van der Waals surface area contributed by atoms with Gasteiger partial charge < -0.3 is 14.4 Å². The number of carbonyl (C=O) groups is 1. The molecule has 0 bridgehead atoms. The van der Waals surface area contributed by atoms with E-state index in [-0.39, 0.29) is 6.10 Å². The molecule has 0 aliphatic carbocycles. The van der Waals surface area contributed by atoms with Crippen molar-refractivity contribution in [1.82, 2.24) is 4.90 Å². The number of rotatable bonds is 4. The van der Waals surface area contributed by atoms with Crippen LogP contribution in [0.5, 0.6) is 11.5 Å². The lowest BCUT2D eigenvalue weighted by molar-refractivity contribution is 0.0980. The Hall–Kier alpha value is -1.55. The molecule has 1 unspecified atom stereocenters. The Morgan fingerprint density at radius 1 is 1.44 bits per heavy atom. The van der Waals surface area contributed by atoms with Crippen LogP contribution in [-0.4, -0.2) is 44.5 Å². The molecule has 4 heteroatoms. The molecule has 98 valence electrons. The number of likely N-dealkylation sites (N-methyl/N-ethyl adjacent to an activating group) is 1. The molecule has 1 saturated heterocycles. The zero-order chi connectivity index (χ0) is 13.0. The molecule has 1 aromatic carbocycles.